The molecule has 0 bridgehead atoms. The van der Waals surface area contributed by atoms with Gasteiger partial charge in [0.05, 0.1) is 24.8 Å². The monoisotopic (exact) mass is 391 g/mol. The SMILES string of the molecule is [C-]#[N+]C(C#N)=C1C=C(C=Cc2ccc3c(c2)c(C)c(C)n3-c2ccccc2)OCC1. The lowest BCUT2D eigenvalue weighted by atomic mass is 10.1. The highest BCUT2D eigenvalue weighted by molar-refractivity contribution is 5.89. The second-order valence-corrected chi connectivity index (χ2v) is 7.23. The van der Waals surface area contributed by atoms with E-state index in [0.717, 1.165) is 16.8 Å². The molecule has 0 N–H and O–H groups in total. The molecule has 4 nitrogen and oxygen atoms in total. The van der Waals surface area contributed by atoms with E-state index in [0.29, 0.717) is 18.8 Å². The fourth-order valence-electron chi connectivity index (χ4n) is 3.80. The Hall–Kier alpha value is -4.02. The predicted molar refractivity (Wildman–Crippen MR) is 120 cm³/mol. The van der Waals surface area contributed by atoms with Gasteiger partial charge in [-0.1, -0.05) is 30.3 Å². The molecule has 2 heterocycles. The van der Waals surface area contributed by atoms with Crippen molar-refractivity contribution in [2.45, 2.75) is 20.3 Å². The minimum atomic E-state index is 0.138. The van der Waals surface area contributed by atoms with Crippen molar-refractivity contribution in [3.63, 3.8) is 0 Å². The van der Waals surface area contributed by atoms with Gasteiger partial charge in [-0.2, -0.15) is 0 Å². The number of rotatable bonds is 3. The number of nitrogens with zero attached hydrogens (tertiary/aromatic N) is 3. The molecule has 0 atom stereocenters. The van der Waals surface area contributed by atoms with Crippen LogP contribution in [0.5, 0.6) is 0 Å². The zero-order valence-electron chi connectivity index (χ0n) is 17.0. The molecule has 0 amide bonds. The van der Waals surface area contributed by atoms with E-state index >= 15 is 0 Å². The zero-order chi connectivity index (χ0) is 21.1. The molecule has 1 aromatic heterocycles. The van der Waals surface area contributed by atoms with Crippen LogP contribution in [0.4, 0.5) is 0 Å². The van der Waals surface area contributed by atoms with E-state index in [9.17, 15) is 0 Å². The maximum Gasteiger partial charge on any atom is 0.265 e. The van der Waals surface area contributed by atoms with Crippen molar-refractivity contribution in [2.75, 3.05) is 6.61 Å². The van der Waals surface area contributed by atoms with Crippen LogP contribution < -0.4 is 0 Å². The van der Waals surface area contributed by atoms with E-state index in [2.05, 4.69) is 65.7 Å². The summed E-state index contributed by atoms with van der Waals surface area (Å²) in [5.74, 6) is 0.669. The van der Waals surface area contributed by atoms with E-state index in [1.54, 1.807) is 6.08 Å². The first-order valence-electron chi connectivity index (χ1n) is 9.82. The first-order chi connectivity index (χ1) is 14.6. The lowest BCUT2D eigenvalue weighted by Crippen LogP contribution is -2.03. The Bertz CT molecular complexity index is 1280. The van der Waals surface area contributed by atoms with E-state index < -0.39 is 0 Å². The molecule has 4 heteroatoms. The number of allylic oxidation sites excluding steroid dienone is 3. The number of nitriles is 1. The summed E-state index contributed by atoms with van der Waals surface area (Å²) in [7, 11) is 0. The molecule has 30 heavy (non-hydrogen) atoms. The highest BCUT2D eigenvalue weighted by Crippen LogP contribution is 2.30. The summed E-state index contributed by atoms with van der Waals surface area (Å²) in [4.78, 5) is 3.30. The number of aromatic nitrogens is 1. The molecular formula is C26H21N3O. The highest BCUT2D eigenvalue weighted by atomic mass is 16.5. The molecule has 3 aromatic rings. The molecule has 4 rings (SSSR count). The molecule has 0 saturated carbocycles. The third-order valence-corrected chi connectivity index (χ3v) is 5.48. The Morgan fingerprint density at radius 3 is 2.70 bits per heavy atom. The molecule has 0 fully saturated rings. The van der Waals surface area contributed by atoms with Crippen LogP contribution in [0.25, 0.3) is 27.5 Å². The van der Waals surface area contributed by atoms with E-state index in [1.165, 1.54) is 22.2 Å². The summed E-state index contributed by atoms with van der Waals surface area (Å²) in [6, 6.07) is 18.8. The van der Waals surface area contributed by atoms with Gasteiger partial charge in [-0.3, -0.25) is 0 Å². The molecule has 0 unspecified atom stereocenters. The third-order valence-electron chi connectivity index (χ3n) is 5.48. The van der Waals surface area contributed by atoms with Gasteiger partial charge in [0, 0.05) is 16.8 Å². The zero-order valence-corrected chi connectivity index (χ0v) is 17.0. The number of para-hydroxylation sites is 1. The second-order valence-electron chi connectivity index (χ2n) is 7.23. The topological polar surface area (TPSA) is 42.3 Å². The van der Waals surface area contributed by atoms with Crippen LogP contribution in [-0.2, 0) is 4.74 Å². The van der Waals surface area contributed by atoms with Crippen molar-refractivity contribution in [3.8, 4) is 11.8 Å². The van der Waals surface area contributed by atoms with Gasteiger partial charge in [0.15, 0.2) is 0 Å². The van der Waals surface area contributed by atoms with Crippen molar-refractivity contribution >= 4 is 17.0 Å². The standard InChI is InChI=1S/C26H21N3O/c1-18-19(2)29(22-7-5-4-6-8-22)26-12-10-20(15-24(18)26)9-11-23-16-21(13-14-30-23)25(17-27)28-3/h4-12,15-16H,13-14H2,1-2H3. The van der Waals surface area contributed by atoms with Gasteiger partial charge in [0.25, 0.3) is 5.70 Å². The quantitative estimate of drug-likeness (QED) is 0.390. The maximum absolute atomic E-state index is 9.09. The van der Waals surface area contributed by atoms with Crippen molar-refractivity contribution in [3.05, 3.63) is 106 Å². The lowest BCUT2D eigenvalue weighted by molar-refractivity contribution is 0.219. The van der Waals surface area contributed by atoms with Gasteiger partial charge in [-0.05, 0) is 73.4 Å². The third kappa shape index (κ3) is 3.52. The van der Waals surface area contributed by atoms with Crippen LogP contribution in [0.3, 0.4) is 0 Å². The van der Waals surface area contributed by atoms with Gasteiger partial charge in [-0.25, -0.2) is 10.1 Å². The van der Waals surface area contributed by atoms with Crippen molar-refractivity contribution in [1.82, 2.24) is 4.57 Å². The van der Waals surface area contributed by atoms with Crippen LogP contribution in [0.2, 0.25) is 0 Å². The average molecular weight is 391 g/mol. The minimum absolute atomic E-state index is 0.138. The molecule has 0 radical (unpaired) electrons. The summed E-state index contributed by atoms with van der Waals surface area (Å²) >= 11 is 0. The number of ether oxygens (including phenoxy) is 1. The summed E-state index contributed by atoms with van der Waals surface area (Å²) in [6.45, 7) is 11.9. The molecular weight excluding hydrogens is 370 g/mol. The number of aryl methyl sites for hydroxylation is 1. The molecule has 1 aliphatic rings. The normalized spacial score (nSPS) is 15.4. The van der Waals surface area contributed by atoms with E-state index in [4.69, 9.17) is 16.6 Å². The van der Waals surface area contributed by atoms with Crippen LogP contribution in [0, 0.1) is 31.8 Å². The number of fused-ring (bicyclic) bond motifs is 1. The minimum Gasteiger partial charge on any atom is -0.493 e. The van der Waals surface area contributed by atoms with Crippen molar-refractivity contribution in [2.24, 2.45) is 0 Å². The molecule has 0 aliphatic carbocycles. The summed E-state index contributed by atoms with van der Waals surface area (Å²) in [5.41, 5.74) is 6.78. The van der Waals surface area contributed by atoms with Gasteiger partial charge in [-0.15, -0.1) is 0 Å². The van der Waals surface area contributed by atoms with Crippen LogP contribution in [-0.4, -0.2) is 11.2 Å². The van der Waals surface area contributed by atoms with Gasteiger partial charge in [0.2, 0.25) is 0 Å². The van der Waals surface area contributed by atoms with E-state index in [1.807, 2.05) is 24.3 Å². The van der Waals surface area contributed by atoms with Crippen LogP contribution in [0.1, 0.15) is 23.2 Å². The number of hydrogen-bond acceptors (Lipinski definition) is 2. The Morgan fingerprint density at radius 2 is 1.97 bits per heavy atom. The molecule has 146 valence electrons. The first-order valence-corrected chi connectivity index (χ1v) is 9.82. The Labute approximate surface area is 176 Å². The van der Waals surface area contributed by atoms with Gasteiger partial charge < -0.3 is 9.30 Å². The Kier molecular flexibility index (Phi) is 5.24. The highest BCUT2D eigenvalue weighted by Gasteiger charge is 2.13. The summed E-state index contributed by atoms with van der Waals surface area (Å²) < 4.78 is 7.97. The molecule has 2 aromatic carbocycles. The largest absolute Gasteiger partial charge is 0.493 e. The first kappa shape index (κ1) is 19.3. The molecule has 1 aliphatic heterocycles. The molecule has 0 spiro atoms. The maximum atomic E-state index is 9.09. The fraction of sp³-hybridized carbons (Fsp3) is 0.154. The smallest absolute Gasteiger partial charge is 0.265 e. The fourth-order valence-corrected chi connectivity index (χ4v) is 3.80. The number of benzene rings is 2. The van der Waals surface area contributed by atoms with Crippen molar-refractivity contribution in [1.29, 1.82) is 5.26 Å². The molecule has 0 saturated heterocycles. The number of hydrogen-bond donors (Lipinski definition) is 0. The van der Waals surface area contributed by atoms with Crippen molar-refractivity contribution < 1.29 is 4.74 Å². The second kappa shape index (κ2) is 8.15. The Morgan fingerprint density at radius 1 is 1.17 bits per heavy atom. The lowest BCUT2D eigenvalue weighted by Gasteiger charge is -2.14. The predicted octanol–water partition coefficient (Wildman–Crippen LogP) is 6.26. The van der Waals surface area contributed by atoms with Gasteiger partial charge in [0.1, 0.15) is 5.76 Å². The van der Waals surface area contributed by atoms with Crippen LogP contribution >= 0.6 is 0 Å². The van der Waals surface area contributed by atoms with Crippen LogP contribution in [0.15, 0.2) is 77.7 Å². The summed E-state index contributed by atoms with van der Waals surface area (Å²) in [6.07, 6.45) is 6.28. The summed E-state index contributed by atoms with van der Waals surface area (Å²) in [5, 5.41) is 10.3. The van der Waals surface area contributed by atoms with E-state index in [-0.39, 0.29) is 5.70 Å². The van der Waals surface area contributed by atoms with Gasteiger partial charge >= 0.3 is 0 Å². The Balaban J connectivity index is 1.70. The average Bonchev–Trinajstić information content (AvgIpc) is 3.04.